The number of likely N-dealkylation sites (tertiary alicyclic amines) is 1. The van der Waals surface area contributed by atoms with E-state index in [1.54, 1.807) is 0 Å². The number of hydrogen-bond acceptors (Lipinski definition) is 2. The Morgan fingerprint density at radius 2 is 1.65 bits per heavy atom. The van der Waals surface area contributed by atoms with Gasteiger partial charge in [0.15, 0.2) is 0 Å². The topological polar surface area (TPSA) is 49.4 Å². The number of nitrogens with one attached hydrogen (secondary N) is 1. The zero-order valence-corrected chi connectivity index (χ0v) is 15.5. The molecule has 1 saturated heterocycles. The predicted molar refractivity (Wildman–Crippen MR) is 102 cm³/mol. The second-order valence-corrected chi connectivity index (χ2v) is 8.26. The third kappa shape index (κ3) is 3.79. The molecule has 0 aromatic heterocycles. The van der Waals surface area contributed by atoms with E-state index in [0.717, 1.165) is 50.6 Å². The highest BCUT2D eigenvalue weighted by atomic mass is 16.2. The van der Waals surface area contributed by atoms with Crippen molar-refractivity contribution in [2.75, 3.05) is 6.54 Å². The van der Waals surface area contributed by atoms with Crippen LogP contribution in [0.15, 0.2) is 30.3 Å². The lowest BCUT2D eigenvalue weighted by Crippen LogP contribution is -2.50. The highest BCUT2D eigenvalue weighted by Gasteiger charge is 2.43. The number of hydrogen-bond donors (Lipinski definition) is 1. The number of carbonyl (C=O) groups is 2. The molecule has 3 aliphatic rings. The summed E-state index contributed by atoms with van der Waals surface area (Å²) in [5, 5.41) is 3.24. The van der Waals surface area contributed by atoms with E-state index in [2.05, 4.69) is 17.4 Å². The predicted octanol–water partition coefficient (Wildman–Crippen LogP) is 3.62. The second-order valence-electron chi connectivity index (χ2n) is 8.26. The van der Waals surface area contributed by atoms with E-state index in [9.17, 15) is 9.59 Å². The van der Waals surface area contributed by atoms with Crippen LogP contribution in [0.4, 0.5) is 0 Å². The molecule has 140 valence electrons. The van der Waals surface area contributed by atoms with Gasteiger partial charge in [-0.3, -0.25) is 9.59 Å². The van der Waals surface area contributed by atoms with Gasteiger partial charge in [0.25, 0.3) is 0 Å². The molecule has 0 radical (unpaired) electrons. The van der Waals surface area contributed by atoms with Crippen molar-refractivity contribution >= 4 is 11.8 Å². The first kappa shape index (κ1) is 17.6. The van der Waals surface area contributed by atoms with E-state index in [-0.39, 0.29) is 23.8 Å². The van der Waals surface area contributed by atoms with Crippen molar-refractivity contribution in [2.45, 2.75) is 75.8 Å². The summed E-state index contributed by atoms with van der Waals surface area (Å²) >= 11 is 0. The SMILES string of the molecule is O=C(NC1CCCCC1)C1CCCN1C(=O)C(c1ccccc1)C1CC1. The molecule has 2 atom stereocenters. The fraction of sp³-hybridized carbons (Fsp3) is 0.636. The molecule has 4 heteroatoms. The first-order chi connectivity index (χ1) is 12.7. The molecular formula is C22H30N2O2. The number of nitrogens with zero attached hydrogens (tertiary/aromatic N) is 1. The Balaban J connectivity index is 1.46. The first-order valence-electron chi connectivity index (χ1n) is 10.4. The molecule has 4 rings (SSSR count). The Morgan fingerprint density at radius 3 is 2.35 bits per heavy atom. The molecule has 3 fully saturated rings. The summed E-state index contributed by atoms with van der Waals surface area (Å²) in [5.74, 6) is 0.622. The van der Waals surface area contributed by atoms with Crippen LogP contribution in [0, 0.1) is 5.92 Å². The van der Waals surface area contributed by atoms with Crippen LogP contribution in [0.3, 0.4) is 0 Å². The van der Waals surface area contributed by atoms with Gasteiger partial charge in [-0.05, 0) is 50.0 Å². The zero-order valence-electron chi connectivity index (χ0n) is 15.5. The lowest BCUT2D eigenvalue weighted by Gasteiger charge is -2.30. The van der Waals surface area contributed by atoms with Crippen molar-refractivity contribution in [3.63, 3.8) is 0 Å². The molecule has 4 nitrogen and oxygen atoms in total. The van der Waals surface area contributed by atoms with Gasteiger partial charge in [0.1, 0.15) is 6.04 Å². The first-order valence-corrected chi connectivity index (χ1v) is 10.4. The smallest absolute Gasteiger partial charge is 0.243 e. The monoisotopic (exact) mass is 354 g/mol. The summed E-state index contributed by atoms with van der Waals surface area (Å²) in [4.78, 5) is 28.1. The van der Waals surface area contributed by atoms with E-state index in [4.69, 9.17) is 0 Å². The third-order valence-corrected chi connectivity index (χ3v) is 6.31. The summed E-state index contributed by atoms with van der Waals surface area (Å²) in [6, 6.07) is 10.2. The second kappa shape index (κ2) is 7.81. The molecular weight excluding hydrogens is 324 g/mol. The summed E-state index contributed by atoms with van der Waals surface area (Å²) in [6.07, 6.45) is 9.84. The van der Waals surface area contributed by atoms with E-state index >= 15 is 0 Å². The number of amides is 2. The van der Waals surface area contributed by atoms with Crippen LogP contribution in [0.5, 0.6) is 0 Å². The molecule has 2 aliphatic carbocycles. The average molecular weight is 354 g/mol. The maximum Gasteiger partial charge on any atom is 0.243 e. The van der Waals surface area contributed by atoms with Crippen LogP contribution >= 0.6 is 0 Å². The van der Waals surface area contributed by atoms with Crippen LogP contribution in [0.1, 0.15) is 69.3 Å². The van der Waals surface area contributed by atoms with Gasteiger partial charge in [-0.2, -0.15) is 0 Å². The Morgan fingerprint density at radius 1 is 0.923 bits per heavy atom. The van der Waals surface area contributed by atoms with E-state index in [1.165, 1.54) is 19.3 Å². The molecule has 2 amide bonds. The highest BCUT2D eigenvalue weighted by molar-refractivity contribution is 5.91. The molecule has 26 heavy (non-hydrogen) atoms. The minimum absolute atomic E-state index is 0.0701. The van der Waals surface area contributed by atoms with Gasteiger partial charge >= 0.3 is 0 Å². The van der Waals surface area contributed by atoms with Crippen LogP contribution in [0.2, 0.25) is 0 Å². The van der Waals surface area contributed by atoms with Crippen LogP contribution < -0.4 is 5.32 Å². The van der Waals surface area contributed by atoms with Crippen molar-refractivity contribution in [1.82, 2.24) is 10.2 Å². The van der Waals surface area contributed by atoms with Crippen molar-refractivity contribution < 1.29 is 9.59 Å². The summed E-state index contributed by atoms with van der Waals surface area (Å²) < 4.78 is 0. The molecule has 1 N–H and O–H groups in total. The van der Waals surface area contributed by atoms with E-state index in [0.29, 0.717) is 12.0 Å². The van der Waals surface area contributed by atoms with Crippen LogP contribution in [-0.2, 0) is 9.59 Å². The number of benzene rings is 1. The maximum atomic E-state index is 13.4. The van der Waals surface area contributed by atoms with Gasteiger partial charge in [-0.1, -0.05) is 49.6 Å². The zero-order chi connectivity index (χ0) is 17.9. The van der Waals surface area contributed by atoms with Gasteiger partial charge in [-0.25, -0.2) is 0 Å². The quantitative estimate of drug-likeness (QED) is 0.878. The fourth-order valence-corrected chi connectivity index (χ4v) is 4.73. The Bertz CT molecular complexity index is 635. The molecule has 0 bridgehead atoms. The molecule has 2 saturated carbocycles. The Labute approximate surface area is 156 Å². The normalized spacial score (nSPS) is 25.1. The van der Waals surface area contributed by atoms with Gasteiger partial charge in [0.2, 0.25) is 11.8 Å². The lowest BCUT2D eigenvalue weighted by molar-refractivity contribution is -0.140. The van der Waals surface area contributed by atoms with Crippen molar-refractivity contribution in [1.29, 1.82) is 0 Å². The summed E-state index contributed by atoms with van der Waals surface area (Å²) in [5.41, 5.74) is 1.11. The van der Waals surface area contributed by atoms with Gasteiger partial charge in [0, 0.05) is 12.6 Å². The van der Waals surface area contributed by atoms with E-state index < -0.39 is 0 Å². The van der Waals surface area contributed by atoms with Gasteiger partial charge in [-0.15, -0.1) is 0 Å². The van der Waals surface area contributed by atoms with Crippen molar-refractivity contribution in [3.05, 3.63) is 35.9 Å². The largest absolute Gasteiger partial charge is 0.352 e. The van der Waals surface area contributed by atoms with Gasteiger partial charge in [0.05, 0.1) is 5.92 Å². The molecule has 1 aliphatic heterocycles. The molecule has 1 aromatic carbocycles. The van der Waals surface area contributed by atoms with Crippen LogP contribution in [0.25, 0.3) is 0 Å². The molecule has 1 heterocycles. The van der Waals surface area contributed by atoms with Gasteiger partial charge < -0.3 is 10.2 Å². The minimum Gasteiger partial charge on any atom is -0.352 e. The highest BCUT2D eigenvalue weighted by Crippen LogP contribution is 2.44. The minimum atomic E-state index is -0.269. The van der Waals surface area contributed by atoms with Crippen LogP contribution in [-0.4, -0.2) is 35.3 Å². The third-order valence-electron chi connectivity index (χ3n) is 6.31. The van der Waals surface area contributed by atoms with Crippen molar-refractivity contribution in [3.8, 4) is 0 Å². The average Bonchev–Trinajstić information content (AvgIpc) is 3.37. The number of rotatable bonds is 5. The Kier molecular flexibility index (Phi) is 5.28. The summed E-state index contributed by atoms with van der Waals surface area (Å²) in [6.45, 7) is 0.720. The Hall–Kier alpha value is -1.84. The summed E-state index contributed by atoms with van der Waals surface area (Å²) in [7, 11) is 0. The van der Waals surface area contributed by atoms with Crippen molar-refractivity contribution in [2.24, 2.45) is 5.92 Å². The maximum absolute atomic E-state index is 13.4. The molecule has 1 aromatic rings. The lowest BCUT2D eigenvalue weighted by atomic mass is 9.92. The molecule has 0 spiro atoms. The number of carbonyl (C=O) groups excluding carboxylic acids is 2. The van der Waals surface area contributed by atoms with E-state index in [1.807, 2.05) is 23.1 Å². The fourth-order valence-electron chi connectivity index (χ4n) is 4.73. The molecule has 2 unspecified atom stereocenters. The standard InChI is InChI=1S/C22H30N2O2/c25-21(23-18-10-5-2-6-11-18)19-12-7-15-24(19)22(26)20(17-13-14-17)16-8-3-1-4-9-16/h1,3-4,8-9,17-20H,2,5-7,10-15H2,(H,23,25).